The Morgan fingerprint density at radius 2 is 1.41 bits per heavy atom. The van der Waals surface area contributed by atoms with E-state index in [2.05, 4.69) is 26.9 Å². The standard InChI is InChI=1S/C21H18N6/c22-15-17-5-3-8-21(24-17)27-13-11-26(12-14-27)20-7-4-6-19(18(20)16-23)25-9-1-2-10-25/h1-10H,11-14H2. The molecular formula is C21H18N6. The van der Waals surface area contributed by atoms with Crippen LogP contribution in [0.3, 0.4) is 0 Å². The van der Waals surface area contributed by atoms with Crippen molar-refractivity contribution in [3.8, 4) is 17.8 Å². The zero-order valence-electron chi connectivity index (χ0n) is 14.8. The van der Waals surface area contributed by atoms with Gasteiger partial charge in [0, 0.05) is 38.6 Å². The van der Waals surface area contributed by atoms with Gasteiger partial charge in [0.2, 0.25) is 0 Å². The molecule has 6 heteroatoms. The molecule has 4 rings (SSSR count). The summed E-state index contributed by atoms with van der Waals surface area (Å²) in [6.07, 6.45) is 3.90. The Balaban J connectivity index is 1.56. The monoisotopic (exact) mass is 354 g/mol. The quantitative estimate of drug-likeness (QED) is 0.723. The van der Waals surface area contributed by atoms with Crippen molar-refractivity contribution in [1.82, 2.24) is 9.55 Å². The van der Waals surface area contributed by atoms with E-state index >= 15 is 0 Å². The van der Waals surface area contributed by atoms with E-state index in [4.69, 9.17) is 5.26 Å². The first kappa shape index (κ1) is 16.7. The predicted molar refractivity (Wildman–Crippen MR) is 104 cm³/mol. The van der Waals surface area contributed by atoms with Crippen molar-refractivity contribution in [3.63, 3.8) is 0 Å². The zero-order valence-corrected chi connectivity index (χ0v) is 14.8. The molecule has 0 atom stereocenters. The average Bonchev–Trinajstić information content (AvgIpc) is 3.28. The van der Waals surface area contributed by atoms with Gasteiger partial charge in [-0.25, -0.2) is 4.98 Å². The normalized spacial score (nSPS) is 13.9. The van der Waals surface area contributed by atoms with Crippen molar-refractivity contribution in [2.45, 2.75) is 0 Å². The number of nitrogens with zero attached hydrogens (tertiary/aromatic N) is 6. The average molecular weight is 354 g/mol. The second-order valence-corrected chi connectivity index (χ2v) is 6.34. The van der Waals surface area contributed by atoms with Crippen molar-refractivity contribution < 1.29 is 0 Å². The van der Waals surface area contributed by atoms with Gasteiger partial charge in [0.15, 0.2) is 0 Å². The topological polar surface area (TPSA) is 71.9 Å². The van der Waals surface area contributed by atoms with Crippen LogP contribution in [-0.4, -0.2) is 35.7 Å². The Bertz CT molecular complexity index is 1020. The maximum atomic E-state index is 9.78. The second kappa shape index (κ2) is 7.23. The molecule has 0 unspecified atom stereocenters. The molecule has 2 aromatic heterocycles. The Kier molecular flexibility index (Phi) is 4.47. The van der Waals surface area contributed by atoms with Gasteiger partial charge in [0.25, 0.3) is 0 Å². The number of aromatic nitrogens is 2. The highest BCUT2D eigenvalue weighted by molar-refractivity contribution is 5.68. The minimum Gasteiger partial charge on any atom is -0.367 e. The van der Waals surface area contributed by atoms with Gasteiger partial charge < -0.3 is 14.4 Å². The number of piperazine rings is 1. The fourth-order valence-corrected chi connectivity index (χ4v) is 3.45. The summed E-state index contributed by atoms with van der Waals surface area (Å²) in [6.45, 7) is 3.17. The summed E-state index contributed by atoms with van der Waals surface area (Å²) in [6, 6.07) is 19.9. The molecule has 0 N–H and O–H groups in total. The summed E-state index contributed by atoms with van der Waals surface area (Å²) in [4.78, 5) is 8.81. The van der Waals surface area contributed by atoms with Crippen LogP contribution in [0.15, 0.2) is 60.9 Å². The van der Waals surface area contributed by atoms with E-state index in [1.807, 2.05) is 59.4 Å². The van der Waals surface area contributed by atoms with Crippen LogP contribution in [0.1, 0.15) is 11.3 Å². The number of nitriles is 2. The first-order valence-corrected chi connectivity index (χ1v) is 8.83. The second-order valence-electron chi connectivity index (χ2n) is 6.34. The molecule has 0 bridgehead atoms. The van der Waals surface area contributed by atoms with E-state index in [0.29, 0.717) is 11.3 Å². The Morgan fingerprint density at radius 3 is 2.11 bits per heavy atom. The Morgan fingerprint density at radius 1 is 0.741 bits per heavy atom. The lowest BCUT2D eigenvalue weighted by atomic mass is 10.1. The molecule has 0 spiro atoms. The summed E-state index contributed by atoms with van der Waals surface area (Å²) in [5, 5.41) is 18.8. The lowest BCUT2D eigenvalue weighted by molar-refractivity contribution is 0.646. The van der Waals surface area contributed by atoms with Crippen molar-refractivity contribution in [2.75, 3.05) is 36.0 Å². The van der Waals surface area contributed by atoms with Crippen LogP contribution in [0.5, 0.6) is 0 Å². The van der Waals surface area contributed by atoms with E-state index in [1.54, 1.807) is 6.07 Å². The molecule has 0 aliphatic carbocycles. The minimum atomic E-state index is 0.432. The van der Waals surface area contributed by atoms with Crippen molar-refractivity contribution in [3.05, 3.63) is 72.2 Å². The molecule has 1 aromatic carbocycles. The summed E-state index contributed by atoms with van der Waals surface area (Å²) in [5.74, 6) is 0.829. The van der Waals surface area contributed by atoms with Gasteiger partial charge in [-0.1, -0.05) is 12.1 Å². The third-order valence-corrected chi connectivity index (χ3v) is 4.81. The fourth-order valence-electron chi connectivity index (χ4n) is 3.45. The molecule has 3 aromatic rings. The highest BCUT2D eigenvalue weighted by atomic mass is 15.3. The molecule has 1 fully saturated rings. The maximum absolute atomic E-state index is 9.78. The molecule has 3 heterocycles. The maximum Gasteiger partial charge on any atom is 0.142 e. The van der Waals surface area contributed by atoms with E-state index in [1.165, 1.54) is 0 Å². The Labute approximate surface area is 158 Å². The van der Waals surface area contributed by atoms with Crippen molar-refractivity contribution in [2.24, 2.45) is 0 Å². The van der Waals surface area contributed by atoms with Gasteiger partial charge in [0.05, 0.1) is 16.9 Å². The van der Waals surface area contributed by atoms with Crippen molar-refractivity contribution in [1.29, 1.82) is 10.5 Å². The summed E-state index contributed by atoms with van der Waals surface area (Å²) >= 11 is 0. The van der Waals surface area contributed by atoms with Crippen LogP contribution in [0.25, 0.3) is 5.69 Å². The molecule has 0 amide bonds. The van der Waals surface area contributed by atoms with Crippen LogP contribution in [0, 0.1) is 22.7 Å². The first-order chi connectivity index (χ1) is 13.3. The largest absolute Gasteiger partial charge is 0.367 e. The number of hydrogen-bond donors (Lipinski definition) is 0. The van der Waals surface area contributed by atoms with Crippen LogP contribution >= 0.6 is 0 Å². The van der Waals surface area contributed by atoms with E-state index in [9.17, 15) is 5.26 Å². The molecule has 27 heavy (non-hydrogen) atoms. The number of benzene rings is 1. The molecular weight excluding hydrogens is 336 g/mol. The molecule has 0 saturated carbocycles. The van der Waals surface area contributed by atoms with E-state index in [-0.39, 0.29) is 0 Å². The smallest absolute Gasteiger partial charge is 0.142 e. The van der Waals surface area contributed by atoms with E-state index in [0.717, 1.165) is 43.4 Å². The van der Waals surface area contributed by atoms with Gasteiger partial charge in [-0.2, -0.15) is 10.5 Å². The minimum absolute atomic E-state index is 0.432. The third kappa shape index (κ3) is 3.21. The lowest BCUT2D eigenvalue weighted by Crippen LogP contribution is -2.47. The third-order valence-electron chi connectivity index (χ3n) is 4.81. The van der Waals surface area contributed by atoms with Gasteiger partial charge in [-0.15, -0.1) is 0 Å². The summed E-state index contributed by atoms with van der Waals surface area (Å²) in [7, 11) is 0. The van der Waals surface area contributed by atoms with Gasteiger partial charge in [0.1, 0.15) is 23.7 Å². The molecule has 132 valence electrons. The molecule has 1 saturated heterocycles. The van der Waals surface area contributed by atoms with Crippen LogP contribution in [-0.2, 0) is 0 Å². The van der Waals surface area contributed by atoms with Gasteiger partial charge in [-0.3, -0.25) is 0 Å². The number of pyridine rings is 1. The summed E-state index contributed by atoms with van der Waals surface area (Å²) in [5.41, 5.74) is 2.97. The molecule has 0 radical (unpaired) electrons. The number of anilines is 2. The molecule has 1 aliphatic rings. The van der Waals surface area contributed by atoms with Crippen LogP contribution in [0.4, 0.5) is 11.5 Å². The van der Waals surface area contributed by atoms with Gasteiger partial charge >= 0.3 is 0 Å². The van der Waals surface area contributed by atoms with Gasteiger partial charge in [-0.05, 0) is 36.4 Å². The summed E-state index contributed by atoms with van der Waals surface area (Å²) < 4.78 is 1.97. The van der Waals surface area contributed by atoms with Crippen molar-refractivity contribution >= 4 is 11.5 Å². The predicted octanol–water partition coefficient (Wildman–Crippen LogP) is 2.94. The SMILES string of the molecule is N#Cc1cccc(N2CCN(c3cccc(-n4cccc4)c3C#N)CC2)n1. The zero-order chi connectivity index (χ0) is 18.6. The lowest BCUT2D eigenvalue weighted by Gasteiger charge is -2.37. The first-order valence-electron chi connectivity index (χ1n) is 8.83. The highest BCUT2D eigenvalue weighted by Crippen LogP contribution is 2.27. The number of hydrogen-bond acceptors (Lipinski definition) is 5. The molecule has 1 aliphatic heterocycles. The van der Waals surface area contributed by atoms with Crippen LogP contribution in [0.2, 0.25) is 0 Å². The molecule has 6 nitrogen and oxygen atoms in total. The number of rotatable bonds is 3. The Hall–Kier alpha value is -3.77. The highest BCUT2D eigenvalue weighted by Gasteiger charge is 2.21. The van der Waals surface area contributed by atoms with Crippen LogP contribution < -0.4 is 9.80 Å². The van der Waals surface area contributed by atoms with E-state index < -0.39 is 0 Å². The fraction of sp³-hybridized carbons (Fsp3) is 0.190.